The van der Waals surface area contributed by atoms with Crippen LogP contribution in [0.15, 0.2) is 0 Å². The Morgan fingerprint density at radius 3 is 2.50 bits per heavy atom. The molecule has 0 aromatic heterocycles. The van der Waals surface area contributed by atoms with E-state index >= 15 is 0 Å². The lowest BCUT2D eigenvalue weighted by molar-refractivity contribution is -0.153. The zero-order valence-corrected chi connectivity index (χ0v) is 14.1. The van der Waals surface area contributed by atoms with Crippen molar-refractivity contribution in [2.75, 3.05) is 0 Å². The molecule has 8 heteroatoms. The molecule has 0 bridgehead atoms. The Balaban J connectivity index is 2.68. The number of amides is 1. The van der Waals surface area contributed by atoms with Crippen LogP contribution in [0.25, 0.3) is 5.53 Å². The molecule has 2 atom stereocenters. The molecule has 134 valence electrons. The maximum Gasteiger partial charge on any atom is 0.328 e. The van der Waals surface area contributed by atoms with Crippen LogP contribution in [0.4, 0.5) is 0 Å². The fraction of sp³-hybridized carbons (Fsp3) is 0.750. The number of nitrogens with zero attached hydrogens (tertiary/aromatic N) is 2. The number of ether oxygens (including phenoxy) is 1. The molecule has 24 heavy (non-hydrogen) atoms. The van der Waals surface area contributed by atoms with E-state index in [0.717, 1.165) is 31.9 Å². The molecule has 1 amide bonds. The molecular weight excluding hydrogens is 314 g/mol. The zero-order chi connectivity index (χ0) is 18.1. The summed E-state index contributed by atoms with van der Waals surface area (Å²) in [5.74, 6) is -1.87. The number of carbonyl (C=O) groups excluding carboxylic acids is 3. The number of carbonyl (C=O) groups is 3. The number of hydrogen-bond donors (Lipinski definition) is 2. The van der Waals surface area contributed by atoms with Crippen LogP contribution in [0, 0.1) is 5.92 Å². The molecule has 1 rings (SSSR count). The molecule has 0 aliphatic heterocycles. The third-order valence-electron chi connectivity index (χ3n) is 3.95. The van der Waals surface area contributed by atoms with Gasteiger partial charge in [0.25, 0.3) is 0 Å². The van der Waals surface area contributed by atoms with E-state index in [1.165, 1.54) is 0 Å². The van der Waals surface area contributed by atoms with Gasteiger partial charge >= 0.3 is 12.2 Å². The topological polar surface area (TPSA) is 129 Å². The average molecular weight is 339 g/mol. The Kier molecular flexibility index (Phi) is 8.29. The van der Waals surface area contributed by atoms with Crippen molar-refractivity contribution in [3.8, 4) is 0 Å². The molecule has 8 nitrogen and oxygen atoms in total. The van der Waals surface area contributed by atoms with Crippen LogP contribution in [-0.2, 0) is 19.1 Å². The summed E-state index contributed by atoms with van der Waals surface area (Å²) >= 11 is 0. The van der Waals surface area contributed by atoms with Gasteiger partial charge in [0.2, 0.25) is 11.7 Å². The Hall–Kier alpha value is -2.05. The fourth-order valence-electron chi connectivity index (χ4n) is 2.72. The Morgan fingerprint density at radius 1 is 1.33 bits per heavy atom. The number of nitrogens with one attached hydrogen (secondary N) is 1. The molecule has 0 unspecified atom stereocenters. The monoisotopic (exact) mass is 339 g/mol. The highest BCUT2D eigenvalue weighted by Crippen LogP contribution is 2.27. The van der Waals surface area contributed by atoms with E-state index in [4.69, 9.17) is 10.3 Å². The Morgan fingerprint density at radius 2 is 1.96 bits per heavy atom. The van der Waals surface area contributed by atoms with E-state index in [2.05, 4.69) is 10.1 Å². The van der Waals surface area contributed by atoms with Crippen LogP contribution in [0.2, 0.25) is 0 Å². The van der Waals surface area contributed by atoms with Crippen LogP contribution in [-0.4, -0.2) is 52.0 Å². The third kappa shape index (κ3) is 6.60. The summed E-state index contributed by atoms with van der Waals surface area (Å²) in [6.07, 6.45) is 2.61. The van der Waals surface area contributed by atoms with Gasteiger partial charge in [0.15, 0.2) is 0 Å². The first-order valence-corrected chi connectivity index (χ1v) is 8.24. The van der Waals surface area contributed by atoms with Crippen molar-refractivity contribution >= 4 is 23.9 Å². The second kappa shape index (κ2) is 9.95. The van der Waals surface area contributed by atoms with Crippen molar-refractivity contribution < 1.29 is 29.0 Å². The smallest absolute Gasteiger partial charge is 0.328 e. The molecule has 1 saturated carbocycles. The second-order valence-corrected chi connectivity index (χ2v) is 6.29. The molecule has 1 fully saturated rings. The summed E-state index contributed by atoms with van der Waals surface area (Å²) in [6.45, 7) is 3.35. The predicted octanol–water partition coefficient (Wildman–Crippen LogP) is 0.624. The van der Waals surface area contributed by atoms with E-state index in [1.54, 1.807) is 13.8 Å². The molecule has 0 spiro atoms. The number of ketones is 1. The zero-order valence-electron chi connectivity index (χ0n) is 14.1. The van der Waals surface area contributed by atoms with Gasteiger partial charge in [-0.25, -0.2) is 4.79 Å². The quantitative estimate of drug-likeness (QED) is 0.275. The van der Waals surface area contributed by atoms with Gasteiger partial charge < -0.3 is 20.7 Å². The number of hydrogen-bond acceptors (Lipinski definition) is 5. The van der Waals surface area contributed by atoms with Crippen LogP contribution >= 0.6 is 0 Å². The lowest BCUT2D eigenvalue weighted by atomic mass is 9.99. The maximum absolute atomic E-state index is 12.2. The first-order valence-electron chi connectivity index (χ1n) is 8.24. The standard InChI is InChI=1S/C16H25N3O5/c1-10(2)24-16(23)13(8-7-12(20)9-18-17)19-15(22)14(21)11-5-3-4-6-11/h9-11,13-14,21H,3-8H2,1-2H3,(H,19,22)/t13-,14-/m0/s1. The Bertz CT molecular complexity index is 508. The number of Topliss-reactive ketones (excluding diaryl/α,β-unsaturated/α-hetero) is 1. The third-order valence-corrected chi connectivity index (χ3v) is 3.95. The Labute approximate surface area is 141 Å². The van der Waals surface area contributed by atoms with Crippen LogP contribution in [0.3, 0.4) is 0 Å². The van der Waals surface area contributed by atoms with Crippen molar-refractivity contribution in [3.05, 3.63) is 5.53 Å². The molecule has 0 radical (unpaired) electrons. The van der Waals surface area contributed by atoms with Crippen LogP contribution < -0.4 is 5.32 Å². The van der Waals surface area contributed by atoms with E-state index in [-0.39, 0.29) is 24.9 Å². The highest BCUT2D eigenvalue weighted by Gasteiger charge is 2.32. The average Bonchev–Trinajstić information content (AvgIpc) is 3.04. The highest BCUT2D eigenvalue weighted by molar-refractivity contribution is 6.25. The highest BCUT2D eigenvalue weighted by atomic mass is 16.5. The number of aliphatic hydroxyl groups is 1. The summed E-state index contributed by atoms with van der Waals surface area (Å²) in [5, 5.41) is 12.6. The van der Waals surface area contributed by atoms with Crippen LogP contribution in [0.5, 0.6) is 0 Å². The molecule has 0 aromatic carbocycles. The van der Waals surface area contributed by atoms with E-state index in [9.17, 15) is 19.5 Å². The molecule has 0 heterocycles. The number of rotatable bonds is 9. The minimum atomic E-state index is -1.17. The molecule has 2 N–H and O–H groups in total. The van der Waals surface area contributed by atoms with Gasteiger partial charge in [-0.15, -0.1) is 0 Å². The van der Waals surface area contributed by atoms with E-state index in [1.807, 2.05) is 0 Å². The summed E-state index contributed by atoms with van der Waals surface area (Å²) in [7, 11) is 0. The molecular formula is C16H25N3O5. The van der Waals surface area contributed by atoms with Gasteiger partial charge in [0.1, 0.15) is 12.1 Å². The second-order valence-electron chi connectivity index (χ2n) is 6.29. The molecule has 1 aliphatic rings. The van der Waals surface area contributed by atoms with Gasteiger partial charge in [-0.1, -0.05) is 12.8 Å². The summed E-state index contributed by atoms with van der Waals surface area (Å²) in [6, 6.07) is -1.04. The van der Waals surface area contributed by atoms with Gasteiger partial charge in [-0.05, 0) is 39.0 Å². The predicted molar refractivity (Wildman–Crippen MR) is 85.0 cm³/mol. The molecule has 0 saturated heterocycles. The molecule has 0 aromatic rings. The SMILES string of the molecule is CC(C)OC(=O)[C@H](CCC(=O)C=[N+]=[N-])NC(=O)[C@@H](O)C1CCCC1. The summed E-state index contributed by atoms with van der Waals surface area (Å²) in [4.78, 5) is 38.3. The van der Waals surface area contributed by atoms with Gasteiger partial charge in [0, 0.05) is 6.42 Å². The van der Waals surface area contributed by atoms with Gasteiger partial charge in [-0.3, -0.25) is 9.59 Å². The van der Waals surface area contributed by atoms with Gasteiger partial charge in [0.05, 0.1) is 6.10 Å². The fourth-order valence-corrected chi connectivity index (χ4v) is 2.72. The van der Waals surface area contributed by atoms with Gasteiger partial charge in [-0.2, -0.15) is 4.79 Å². The van der Waals surface area contributed by atoms with Crippen molar-refractivity contribution in [3.63, 3.8) is 0 Å². The van der Waals surface area contributed by atoms with E-state index in [0.29, 0.717) is 0 Å². The summed E-state index contributed by atoms with van der Waals surface area (Å²) in [5.41, 5.74) is 8.32. The number of esters is 1. The minimum absolute atomic E-state index is 0.000463. The largest absolute Gasteiger partial charge is 0.461 e. The first kappa shape index (κ1) is 20.0. The lowest BCUT2D eigenvalue weighted by Crippen LogP contribution is -2.48. The maximum atomic E-state index is 12.2. The van der Waals surface area contributed by atoms with Crippen molar-refractivity contribution in [2.24, 2.45) is 5.92 Å². The van der Waals surface area contributed by atoms with Crippen molar-refractivity contribution in [2.45, 2.75) is 70.6 Å². The first-order chi connectivity index (χ1) is 11.3. The lowest BCUT2D eigenvalue weighted by Gasteiger charge is -2.22. The minimum Gasteiger partial charge on any atom is -0.461 e. The number of aliphatic hydroxyl groups excluding tert-OH is 1. The van der Waals surface area contributed by atoms with Crippen LogP contribution in [0.1, 0.15) is 52.4 Å². The van der Waals surface area contributed by atoms with Crippen molar-refractivity contribution in [1.82, 2.24) is 5.32 Å². The molecule has 1 aliphatic carbocycles. The normalized spacial score (nSPS) is 17.0. The van der Waals surface area contributed by atoms with E-state index < -0.39 is 29.8 Å². The van der Waals surface area contributed by atoms with Crippen molar-refractivity contribution in [1.29, 1.82) is 0 Å². The summed E-state index contributed by atoms with van der Waals surface area (Å²) < 4.78 is 5.08.